The highest BCUT2D eigenvalue weighted by Crippen LogP contribution is 2.26. The molecule has 1 aromatic heterocycles. The summed E-state index contributed by atoms with van der Waals surface area (Å²) in [5, 5.41) is 4.46. The van der Waals surface area contributed by atoms with Crippen LogP contribution in [0.3, 0.4) is 0 Å². The summed E-state index contributed by atoms with van der Waals surface area (Å²) in [5.74, 6) is -0.0634. The summed E-state index contributed by atoms with van der Waals surface area (Å²) >= 11 is 0. The number of hydrogen-bond donors (Lipinski definition) is 1. The molecule has 0 atom stereocenters. The molecule has 0 saturated carbocycles. The van der Waals surface area contributed by atoms with Crippen LogP contribution < -0.4 is 5.69 Å². The van der Waals surface area contributed by atoms with E-state index in [1.54, 1.807) is 17.0 Å². The van der Waals surface area contributed by atoms with Crippen molar-refractivity contribution in [3.8, 4) is 0 Å². The van der Waals surface area contributed by atoms with Gasteiger partial charge in [0.1, 0.15) is 11.6 Å². The number of nitrogens with one attached hydrogen (secondary N) is 1. The van der Waals surface area contributed by atoms with Crippen LogP contribution in [-0.4, -0.2) is 38.7 Å². The number of piperidine rings is 1. The monoisotopic (exact) mass is 380 g/mol. The van der Waals surface area contributed by atoms with Gasteiger partial charge in [0.25, 0.3) is 5.91 Å². The van der Waals surface area contributed by atoms with Gasteiger partial charge >= 0.3 is 5.69 Å². The standard InChI is InChI=1S/C21H21FN4O2/c22-18-9-5-4-8-17(18)20(27)25-12-10-16(11-13-25)19-23-21(28)26(24-19)14-15-6-2-1-3-7-15/h1-9,16H,10-14H2,(H,23,24,28). The Morgan fingerprint density at radius 2 is 1.75 bits per heavy atom. The molecule has 3 aromatic rings. The summed E-state index contributed by atoms with van der Waals surface area (Å²) < 4.78 is 15.3. The Kier molecular flexibility index (Phi) is 5.06. The molecule has 0 bridgehead atoms. The van der Waals surface area contributed by atoms with Crippen molar-refractivity contribution < 1.29 is 9.18 Å². The van der Waals surface area contributed by atoms with Crippen molar-refractivity contribution in [1.29, 1.82) is 0 Å². The first-order valence-electron chi connectivity index (χ1n) is 9.36. The molecular weight excluding hydrogens is 359 g/mol. The molecule has 0 radical (unpaired) electrons. The lowest BCUT2D eigenvalue weighted by molar-refractivity contribution is 0.0706. The maximum atomic E-state index is 13.9. The van der Waals surface area contributed by atoms with E-state index in [-0.39, 0.29) is 23.1 Å². The molecule has 0 aliphatic carbocycles. The van der Waals surface area contributed by atoms with Crippen LogP contribution in [-0.2, 0) is 6.54 Å². The van der Waals surface area contributed by atoms with Gasteiger partial charge in [0.15, 0.2) is 0 Å². The zero-order valence-electron chi connectivity index (χ0n) is 15.3. The van der Waals surface area contributed by atoms with Crippen molar-refractivity contribution in [3.63, 3.8) is 0 Å². The number of H-pyrrole nitrogens is 1. The normalized spacial score (nSPS) is 15.0. The van der Waals surface area contributed by atoms with Gasteiger partial charge in [0.2, 0.25) is 0 Å². The Labute approximate surface area is 161 Å². The zero-order chi connectivity index (χ0) is 19.5. The first-order valence-corrected chi connectivity index (χ1v) is 9.36. The van der Waals surface area contributed by atoms with Gasteiger partial charge in [-0.25, -0.2) is 13.9 Å². The van der Waals surface area contributed by atoms with Gasteiger partial charge in [0, 0.05) is 19.0 Å². The summed E-state index contributed by atoms with van der Waals surface area (Å²) in [6.45, 7) is 1.43. The molecule has 1 aliphatic rings. The number of rotatable bonds is 4. The van der Waals surface area contributed by atoms with Gasteiger partial charge in [-0.1, -0.05) is 42.5 Å². The smallest absolute Gasteiger partial charge is 0.339 e. The Morgan fingerprint density at radius 1 is 1.07 bits per heavy atom. The lowest BCUT2D eigenvalue weighted by atomic mass is 9.95. The molecule has 1 saturated heterocycles. The Bertz CT molecular complexity index is 1020. The zero-order valence-corrected chi connectivity index (χ0v) is 15.3. The van der Waals surface area contributed by atoms with Crippen molar-refractivity contribution in [1.82, 2.24) is 19.7 Å². The number of aromatic amines is 1. The Balaban J connectivity index is 1.42. The molecule has 4 rings (SSSR count). The van der Waals surface area contributed by atoms with Crippen molar-refractivity contribution in [2.45, 2.75) is 25.3 Å². The molecule has 2 heterocycles. The summed E-state index contributed by atoms with van der Waals surface area (Å²) in [6, 6.07) is 15.7. The molecule has 144 valence electrons. The minimum Gasteiger partial charge on any atom is -0.339 e. The molecule has 6 nitrogen and oxygen atoms in total. The van der Waals surface area contributed by atoms with Crippen molar-refractivity contribution >= 4 is 5.91 Å². The number of aromatic nitrogens is 3. The topological polar surface area (TPSA) is 71.0 Å². The van der Waals surface area contributed by atoms with Gasteiger partial charge in [-0.05, 0) is 30.5 Å². The van der Waals surface area contributed by atoms with Gasteiger partial charge in [-0.2, -0.15) is 5.10 Å². The predicted molar refractivity (Wildman–Crippen MR) is 103 cm³/mol. The van der Waals surface area contributed by atoms with Gasteiger partial charge in [0.05, 0.1) is 12.1 Å². The fourth-order valence-corrected chi connectivity index (χ4v) is 3.58. The van der Waals surface area contributed by atoms with E-state index < -0.39 is 5.82 Å². The van der Waals surface area contributed by atoms with Crippen molar-refractivity contribution in [2.75, 3.05) is 13.1 Å². The molecule has 1 amide bonds. The molecule has 1 fully saturated rings. The van der Waals surface area contributed by atoms with E-state index in [1.807, 2.05) is 30.3 Å². The maximum Gasteiger partial charge on any atom is 0.343 e. The van der Waals surface area contributed by atoms with Crippen molar-refractivity contribution in [2.24, 2.45) is 0 Å². The lowest BCUT2D eigenvalue weighted by Gasteiger charge is -2.31. The van der Waals surface area contributed by atoms with E-state index in [4.69, 9.17) is 0 Å². The molecule has 28 heavy (non-hydrogen) atoms. The van der Waals surface area contributed by atoms with Gasteiger partial charge < -0.3 is 4.90 Å². The van der Waals surface area contributed by atoms with Crippen LogP contribution in [0.5, 0.6) is 0 Å². The molecule has 0 spiro atoms. The van der Waals surface area contributed by atoms with Gasteiger partial charge in [-0.3, -0.25) is 9.78 Å². The molecule has 0 unspecified atom stereocenters. The van der Waals surface area contributed by atoms with E-state index in [0.717, 1.165) is 5.56 Å². The third kappa shape index (κ3) is 3.74. The summed E-state index contributed by atoms with van der Waals surface area (Å²) in [6.07, 6.45) is 1.36. The number of hydrogen-bond acceptors (Lipinski definition) is 3. The number of amides is 1. The number of likely N-dealkylation sites (tertiary alicyclic amines) is 1. The van der Waals surface area contributed by atoms with Gasteiger partial charge in [-0.15, -0.1) is 0 Å². The van der Waals surface area contributed by atoms with Crippen LogP contribution in [0, 0.1) is 5.82 Å². The number of carbonyl (C=O) groups excluding carboxylic acids is 1. The van der Waals surface area contributed by atoms with Crippen molar-refractivity contribution in [3.05, 3.63) is 87.9 Å². The second kappa shape index (κ2) is 7.80. The van der Waals surface area contributed by atoms with E-state index in [2.05, 4.69) is 10.1 Å². The van der Waals surface area contributed by atoms with E-state index in [1.165, 1.54) is 16.8 Å². The van der Waals surface area contributed by atoms with Crippen LogP contribution in [0.15, 0.2) is 59.4 Å². The number of nitrogens with zero attached hydrogens (tertiary/aromatic N) is 3. The van der Waals surface area contributed by atoms with Crippen LogP contribution >= 0.6 is 0 Å². The largest absolute Gasteiger partial charge is 0.343 e. The number of halogens is 1. The maximum absolute atomic E-state index is 13.9. The second-order valence-electron chi connectivity index (χ2n) is 7.00. The minimum absolute atomic E-state index is 0.0781. The highest BCUT2D eigenvalue weighted by Gasteiger charge is 2.27. The van der Waals surface area contributed by atoms with E-state index in [0.29, 0.717) is 38.3 Å². The number of benzene rings is 2. The summed E-state index contributed by atoms with van der Waals surface area (Å²) in [4.78, 5) is 29.3. The third-order valence-corrected chi connectivity index (χ3v) is 5.15. The fraction of sp³-hybridized carbons (Fsp3) is 0.286. The first-order chi connectivity index (χ1) is 13.6. The molecule has 1 aliphatic heterocycles. The SMILES string of the molecule is O=C(c1ccccc1F)N1CCC(c2nn(Cc3ccccc3)c(=O)[nH]2)CC1. The first kappa shape index (κ1) is 18.2. The average Bonchev–Trinajstić information content (AvgIpc) is 3.09. The molecule has 1 N–H and O–H groups in total. The van der Waals surface area contributed by atoms with Crippen LogP contribution in [0.4, 0.5) is 4.39 Å². The fourth-order valence-electron chi connectivity index (χ4n) is 3.58. The number of carbonyl (C=O) groups is 1. The van der Waals surface area contributed by atoms with Crippen LogP contribution in [0.1, 0.15) is 40.5 Å². The highest BCUT2D eigenvalue weighted by atomic mass is 19.1. The quantitative estimate of drug-likeness (QED) is 0.757. The molecule has 7 heteroatoms. The van der Waals surface area contributed by atoms with E-state index in [9.17, 15) is 14.0 Å². The highest BCUT2D eigenvalue weighted by molar-refractivity contribution is 5.94. The predicted octanol–water partition coefficient (Wildman–Crippen LogP) is 2.78. The third-order valence-electron chi connectivity index (χ3n) is 5.15. The molecular formula is C21H21FN4O2. The Hall–Kier alpha value is -3.22. The molecule has 2 aromatic carbocycles. The van der Waals surface area contributed by atoms with Crippen LogP contribution in [0.2, 0.25) is 0 Å². The van der Waals surface area contributed by atoms with E-state index >= 15 is 0 Å². The Morgan fingerprint density at radius 3 is 2.46 bits per heavy atom. The average molecular weight is 380 g/mol. The summed E-state index contributed by atoms with van der Waals surface area (Å²) in [7, 11) is 0. The van der Waals surface area contributed by atoms with Crippen LogP contribution in [0.25, 0.3) is 0 Å². The minimum atomic E-state index is -0.501. The summed E-state index contributed by atoms with van der Waals surface area (Å²) in [5.41, 5.74) is 0.873. The lowest BCUT2D eigenvalue weighted by Crippen LogP contribution is -2.38. The second-order valence-corrected chi connectivity index (χ2v) is 7.00.